The Hall–Kier alpha value is -0.0151. The maximum absolute atomic E-state index is 5.84. The van der Waals surface area contributed by atoms with Crippen molar-refractivity contribution >= 4 is 7.28 Å². The zero-order valence-corrected chi connectivity index (χ0v) is 16.5. The van der Waals surface area contributed by atoms with Gasteiger partial charge in [-0.1, -0.05) is 57.1 Å². The van der Waals surface area contributed by atoms with Crippen LogP contribution in [0.1, 0.15) is 72.6 Å². The lowest BCUT2D eigenvalue weighted by Crippen LogP contribution is -2.72. The zero-order valence-electron chi connectivity index (χ0n) is 16.5. The number of hydrogen-bond donors (Lipinski definition) is 0. The lowest BCUT2D eigenvalue weighted by atomic mass is 9.26. The monoisotopic (exact) mass is 331 g/mol. The minimum absolute atomic E-state index is 0.387. The molecule has 0 aromatic heterocycles. The summed E-state index contributed by atoms with van der Waals surface area (Å²) in [6.07, 6.45) is 10.4. The number of ether oxygens (including phenoxy) is 1. The fourth-order valence-electron chi connectivity index (χ4n) is 7.08. The van der Waals surface area contributed by atoms with Gasteiger partial charge in [0.05, 0.1) is 18.8 Å². The summed E-state index contributed by atoms with van der Waals surface area (Å²) in [5.41, 5.74) is 0.387. The van der Waals surface area contributed by atoms with E-state index in [2.05, 4.69) is 32.6 Å². The van der Waals surface area contributed by atoms with Crippen LogP contribution >= 0.6 is 0 Å². The van der Waals surface area contributed by atoms with Gasteiger partial charge in [0.2, 0.25) is 0 Å². The second kappa shape index (κ2) is 6.30. The first kappa shape index (κ1) is 17.4. The molecule has 4 heterocycles. The predicted molar refractivity (Wildman–Crippen MR) is 103 cm³/mol. The quantitative estimate of drug-likeness (QED) is 0.690. The molecule has 5 rings (SSSR count). The van der Waals surface area contributed by atoms with E-state index < -0.39 is 0 Å². The molecule has 1 saturated carbocycles. The first-order valence-corrected chi connectivity index (χ1v) is 10.8. The summed E-state index contributed by atoms with van der Waals surface area (Å²) >= 11 is 0. The molecule has 0 amide bonds. The van der Waals surface area contributed by atoms with Crippen molar-refractivity contribution in [3.8, 4) is 0 Å². The Bertz CT molecular complexity index is 453. The van der Waals surface area contributed by atoms with Crippen LogP contribution in [0.15, 0.2) is 0 Å². The molecule has 24 heavy (non-hydrogen) atoms. The van der Waals surface area contributed by atoms with Crippen molar-refractivity contribution in [3.05, 3.63) is 0 Å². The second-order valence-electron chi connectivity index (χ2n) is 10.3. The number of nitrogens with zero attached hydrogens (tertiary/aromatic N) is 1. The molecule has 5 aliphatic rings. The molecule has 1 spiro atoms. The number of piperidine rings is 1. The van der Waals surface area contributed by atoms with E-state index in [9.17, 15) is 0 Å². The fraction of sp³-hybridized carbons (Fsp3) is 1.00. The highest BCUT2D eigenvalue weighted by molar-refractivity contribution is 6.46. The Morgan fingerprint density at radius 1 is 1.00 bits per heavy atom. The number of likely N-dealkylation sites (tertiary alicyclic amines) is 1. The largest absolute Gasteiger partial charge is 0.377 e. The molecule has 136 valence electrons. The summed E-state index contributed by atoms with van der Waals surface area (Å²) in [5, 5.41) is 0.677. The van der Waals surface area contributed by atoms with E-state index in [0.29, 0.717) is 16.9 Å². The van der Waals surface area contributed by atoms with E-state index in [-0.39, 0.29) is 0 Å². The van der Waals surface area contributed by atoms with E-state index in [1.54, 1.807) is 0 Å². The van der Waals surface area contributed by atoms with Gasteiger partial charge < -0.3 is 4.74 Å². The molecule has 1 aliphatic carbocycles. The standard InChI is InChI=1S/C21H38BNO/c1-15(2)20-11-17-9-10-23(16(3)4)21(13-24-14-21)19(17)8-6-5-7-18(12-20)22-20/h15-19,22H,5-14H2,1-4H3. The van der Waals surface area contributed by atoms with Gasteiger partial charge >= 0.3 is 0 Å². The van der Waals surface area contributed by atoms with Gasteiger partial charge in [-0.2, -0.15) is 0 Å². The molecule has 0 radical (unpaired) electrons. The highest BCUT2D eigenvalue weighted by Gasteiger charge is 2.58. The SMILES string of the molecule is CC(C)N1CCC2CC3(C(C)C)BC(CCCCC2C12COC2)C3. The van der Waals surface area contributed by atoms with Gasteiger partial charge in [-0.05, 0) is 51.0 Å². The molecule has 4 atom stereocenters. The van der Waals surface area contributed by atoms with Crippen molar-refractivity contribution in [3.63, 3.8) is 0 Å². The highest BCUT2D eigenvalue weighted by atomic mass is 16.5. The van der Waals surface area contributed by atoms with Crippen LogP contribution in [0.4, 0.5) is 0 Å². The Labute approximate surface area is 150 Å². The van der Waals surface area contributed by atoms with Gasteiger partial charge in [0.15, 0.2) is 0 Å². The Morgan fingerprint density at radius 3 is 2.29 bits per heavy atom. The van der Waals surface area contributed by atoms with E-state index in [4.69, 9.17) is 4.74 Å². The summed E-state index contributed by atoms with van der Waals surface area (Å²) in [6.45, 7) is 13.1. The van der Waals surface area contributed by atoms with Crippen molar-refractivity contribution in [2.24, 2.45) is 17.8 Å². The summed E-state index contributed by atoms with van der Waals surface area (Å²) in [7, 11) is 1.53. The normalized spacial score (nSPS) is 42.2. The lowest BCUT2D eigenvalue weighted by Gasteiger charge is -2.63. The van der Waals surface area contributed by atoms with E-state index in [1.165, 1.54) is 58.8 Å². The van der Waals surface area contributed by atoms with Crippen LogP contribution in [0.25, 0.3) is 0 Å². The van der Waals surface area contributed by atoms with Gasteiger partial charge in [0.1, 0.15) is 7.28 Å². The fourth-order valence-corrected chi connectivity index (χ4v) is 7.08. The Morgan fingerprint density at radius 2 is 1.71 bits per heavy atom. The van der Waals surface area contributed by atoms with Crippen LogP contribution in [0.2, 0.25) is 11.1 Å². The molecule has 3 heteroatoms. The minimum Gasteiger partial charge on any atom is -0.377 e. The van der Waals surface area contributed by atoms with E-state index in [0.717, 1.165) is 36.8 Å². The van der Waals surface area contributed by atoms with Crippen LogP contribution in [0.5, 0.6) is 0 Å². The Kier molecular flexibility index (Phi) is 4.57. The third-order valence-electron chi connectivity index (χ3n) is 8.56. The first-order chi connectivity index (χ1) is 11.5. The van der Waals surface area contributed by atoms with Crippen LogP contribution in [0, 0.1) is 17.8 Å². The van der Waals surface area contributed by atoms with Crippen LogP contribution in [-0.2, 0) is 4.74 Å². The predicted octanol–water partition coefficient (Wildman–Crippen LogP) is 4.51. The van der Waals surface area contributed by atoms with Crippen LogP contribution < -0.4 is 0 Å². The number of hydrogen-bond acceptors (Lipinski definition) is 2. The smallest absolute Gasteiger partial charge is 0.131 e. The third kappa shape index (κ3) is 2.60. The molecule has 5 fully saturated rings. The van der Waals surface area contributed by atoms with Crippen LogP contribution in [-0.4, -0.2) is 43.5 Å². The van der Waals surface area contributed by atoms with Gasteiger partial charge in [0, 0.05) is 6.04 Å². The topological polar surface area (TPSA) is 12.5 Å². The molecule has 2 bridgehead atoms. The molecule has 0 N–H and O–H groups in total. The van der Waals surface area contributed by atoms with Crippen molar-refractivity contribution < 1.29 is 4.74 Å². The van der Waals surface area contributed by atoms with E-state index >= 15 is 0 Å². The molecule has 0 aromatic rings. The van der Waals surface area contributed by atoms with Gasteiger partial charge in [-0.15, -0.1) is 0 Å². The minimum atomic E-state index is 0.387. The maximum Gasteiger partial charge on any atom is 0.131 e. The zero-order chi connectivity index (χ0) is 16.9. The summed E-state index contributed by atoms with van der Waals surface area (Å²) in [4.78, 5) is 2.83. The first-order valence-electron chi connectivity index (χ1n) is 10.8. The molecule has 4 unspecified atom stereocenters. The van der Waals surface area contributed by atoms with Crippen molar-refractivity contribution in [1.82, 2.24) is 4.90 Å². The lowest BCUT2D eigenvalue weighted by molar-refractivity contribution is -0.210. The summed E-state index contributed by atoms with van der Waals surface area (Å²) in [5.74, 6) is 3.76. The Balaban J connectivity index is 1.61. The van der Waals surface area contributed by atoms with E-state index in [1.807, 2.05) is 0 Å². The molecule has 0 aromatic carbocycles. The van der Waals surface area contributed by atoms with Gasteiger partial charge in [-0.3, -0.25) is 4.90 Å². The summed E-state index contributed by atoms with van der Waals surface area (Å²) in [6, 6.07) is 0.664. The molecular weight excluding hydrogens is 293 g/mol. The van der Waals surface area contributed by atoms with Gasteiger partial charge in [-0.25, -0.2) is 0 Å². The average Bonchev–Trinajstić information content (AvgIpc) is 2.47. The summed E-state index contributed by atoms with van der Waals surface area (Å²) < 4.78 is 5.84. The van der Waals surface area contributed by atoms with Gasteiger partial charge in [0.25, 0.3) is 0 Å². The third-order valence-corrected chi connectivity index (χ3v) is 8.56. The maximum atomic E-state index is 5.84. The van der Waals surface area contributed by atoms with Crippen molar-refractivity contribution in [1.29, 1.82) is 0 Å². The number of fused-ring (bicyclic) bond motifs is 3. The molecule has 4 saturated heterocycles. The van der Waals surface area contributed by atoms with Crippen molar-refractivity contribution in [2.45, 2.75) is 95.4 Å². The highest BCUT2D eigenvalue weighted by Crippen LogP contribution is 2.62. The average molecular weight is 331 g/mol. The molecule has 4 aliphatic heterocycles. The molecular formula is C21H38BNO. The van der Waals surface area contributed by atoms with Crippen LogP contribution in [0.3, 0.4) is 0 Å². The number of rotatable bonds is 2. The van der Waals surface area contributed by atoms with Crippen molar-refractivity contribution in [2.75, 3.05) is 19.8 Å². The second-order valence-corrected chi connectivity index (χ2v) is 10.3. The molecule has 2 nitrogen and oxygen atoms in total.